The number of rotatable bonds is 6. The number of methoxy groups -OCH3 is 1. The maximum atomic E-state index is 13.4. The molecule has 2 amide bonds. The molecule has 1 saturated heterocycles. The fourth-order valence-corrected chi connectivity index (χ4v) is 4.71. The first-order chi connectivity index (χ1) is 19.0. The van der Waals surface area contributed by atoms with Gasteiger partial charge in [0.05, 0.1) is 35.3 Å². The summed E-state index contributed by atoms with van der Waals surface area (Å²) in [6, 6.07) is 7.75. The molecule has 0 bridgehead atoms. The number of Topliss-reactive ketones (excluding diaryl/α,β-unsaturated/α-hetero) is 1. The molecular weight excluding hydrogens is 504 g/mol. The Hall–Kier alpha value is -5.40. The van der Waals surface area contributed by atoms with Crippen LogP contribution in [0.5, 0.6) is 5.75 Å². The van der Waals surface area contributed by atoms with Crippen LogP contribution in [0.25, 0.3) is 27.6 Å². The number of amides is 2. The molecule has 0 aliphatic carbocycles. The zero-order valence-electron chi connectivity index (χ0n) is 20.7. The van der Waals surface area contributed by atoms with E-state index in [2.05, 4.69) is 34.9 Å². The van der Waals surface area contributed by atoms with Crippen molar-refractivity contribution in [2.75, 3.05) is 38.2 Å². The number of fused-ring (bicyclic) bond motifs is 2. The quantitative estimate of drug-likeness (QED) is 0.237. The van der Waals surface area contributed by atoms with Gasteiger partial charge in [0.2, 0.25) is 5.82 Å². The normalized spacial score (nSPS) is 13.7. The highest BCUT2D eigenvalue weighted by molar-refractivity contribution is 6.45. The summed E-state index contributed by atoms with van der Waals surface area (Å²) < 4.78 is 6.69. The lowest BCUT2D eigenvalue weighted by Gasteiger charge is -2.35. The smallest absolute Gasteiger partial charge is 0.295 e. The van der Waals surface area contributed by atoms with Crippen LogP contribution in [-0.2, 0) is 4.79 Å². The molecular formula is C25H22N10O4. The minimum Gasteiger partial charge on any atom is -0.494 e. The van der Waals surface area contributed by atoms with Crippen LogP contribution in [0.15, 0.2) is 49.3 Å². The van der Waals surface area contributed by atoms with Crippen LogP contribution in [-0.4, -0.2) is 90.5 Å². The monoisotopic (exact) mass is 526 g/mol. The van der Waals surface area contributed by atoms with Crippen molar-refractivity contribution in [1.29, 1.82) is 0 Å². The maximum Gasteiger partial charge on any atom is 0.295 e. The number of ketones is 1. The Bertz CT molecular complexity index is 1750. The second kappa shape index (κ2) is 9.48. The zero-order valence-corrected chi connectivity index (χ0v) is 20.7. The lowest BCUT2D eigenvalue weighted by molar-refractivity contribution is -0.126. The van der Waals surface area contributed by atoms with Gasteiger partial charge < -0.3 is 25.3 Å². The number of ether oxygens (including phenoxy) is 1. The number of aromatic nitrogens is 7. The molecule has 1 aliphatic heterocycles. The number of aromatic amines is 1. The van der Waals surface area contributed by atoms with Crippen molar-refractivity contribution in [3.8, 4) is 11.6 Å². The Morgan fingerprint density at radius 2 is 1.79 bits per heavy atom. The molecule has 14 heteroatoms. The molecule has 14 nitrogen and oxygen atoms in total. The first-order valence-corrected chi connectivity index (χ1v) is 12.0. The SMILES string of the molecule is COc1cnc(-n2cnc(C(N)=O)n2)c2[nH]cc(C(=O)C(=O)N3CCN(c4ncnc5ccccc45)CC3)c12. The topological polar surface area (TPSA) is 178 Å². The number of nitrogens with two attached hydrogens (primary N) is 1. The number of para-hydroxylation sites is 1. The molecule has 196 valence electrons. The Morgan fingerprint density at radius 3 is 2.54 bits per heavy atom. The number of nitrogens with one attached hydrogen (secondary N) is 1. The van der Waals surface area contributed by atoms with Crippen LogP contribution in [0.4, 0.5) is 5.82 Å². The molecule has 1 fully saturated rings. The fourth-order valence-electron chi connectivity index (χ4n) is 4.71. The van der Waals surface area contributed by atoms with Gasteiger partial charge in [-0.3, -0.25) is 14.4 Å². The van der Waals surface area contributed by atoms with E-state index in [1.165, 1.54) is 41.7 Å². The van der Waals surface area contributed by atoms with E-state index in [1.54, 1.807) is 0 Å². The average Bonchev–Trinajstić information content (AvgIpc) is 3.64. The van der Waals surface area contributed by atoms with Gasteiger partial charge in [-0.2, -0.15) is 4.68 Å². The number of anilines is 1. The third kappa shape index (κ3) is 4.07. The van der Waals surface area contributed by atoms with Crippen LogP contribution in [0.2, 0.25) is 0 Å². The first-order valence-electron chi connectivity index (χ1n) is 12.0. The van der Waals surface area contributed by atoms with Gasteiger partial charge >= 0.3 is 0 Å². The Balaban J connectivity index is 1.25. The maximum absolute atomic E-state index is 13.4. The van der Waals surface area contributed by atoms with Gasteiger partial charge in [0.1, 0.15) is 24.2 Å². The number of hydrogen-bond donors (Lipinski definition) is 2. The number of pyridine rings is 1. The number of piperazine rings is 1. The molecule has 6 rings (SSSR count). The van der Waals surface area contributed by atoms with Crippen LogP contribution in [0.3, 0.4) is 0 Å². The average molecular weight is 527 g/mol. The largest absolute Gasteiger partial charge is 0.494 e. The molecule has 5 aromatic rings. The summed E-state index contributed by atoms with van der Waals surface area (Å²) in [5.41, 5.74) is 6.61. The van der Waals surface area contributed by atoms with E-state index in [0.29, 0.717) is 42.8 Å². The van der Waals surface area contributed by atoms with E-state index in [9.17, 15) is 14.4 Å². The Morgan fingerprint density at radius 1 is 1.00 bits per heavy atom. The molecule has 0 unspecified atom stereocenters. The standard InChI is InChI=1S/C25H22N10O4/c1-39-17-11-28-24(35-13-31-22(32-35)21(26)37)19-18(17)15(10-27-19)20(36)25(38)34-8-6-33(7-9-34)23-14-4-2-3-5-16(14)29-12-30-23/h2-5,10-13,27H,6-9H2,1H3,(H2,26,37). The number of benzene rings is 1. The Kier molecular flexibility index (Phi) is 5.83. The molecule has 0 saturated carbocycles. The number of nitrogens with zero attached hydrogens (tertiary/aromatic N) is 8. The van der Waals surface area contributed by atoms with Gasteiger partial charge in [0.25, 0.3) is 17.6 Å². The zero-order chi connectivity index (χ0) is 27.1. The number of primary amides is 1. The lowest BCUT2D eigenvalue weighted by atomic mass is 10.1. The molecule has 5 heterocycles. The number of carbonyl (C=O) groups excluding carboxylic acids is 3. The minimum atomic E-state index is -0.792. The summed E-state index contributed by atoms with van der Waals surface area (Å²) >= 11 is 0. The molecule has 0 radical (unpaired) electrons. The van der Waals surface area contributed by atoms with Gasteiger partial charge in [-0.15, -0.1) is 5.10 Å². The second-order valence-electron chi connectivity index (χ2n) is 8.80. The number of hydrogen-bond acceptors (Lipinski definition) is 10. The van der Waals surface area contributed by atoms with Crippen molar-refractivity contribution < 1.29 is 19.1 Å². The van der Waals surface area contributed by atoms with Gasteiger partial charge in [0, 0.05) is 37.8 Å². The molecule has 1 aliphatic rings. The van der Waals surface area contributed by atoms with Crippen molar-refractivity contribution in [2.24, 2.45) is 5.73 Å². The molecule has 4 aromatic heterocycles. The molecule has 3 N–H and O–H groups in total. The summed E-state index contributed by atoms with van der Waals surface area (Å²) in [6.45, 7) is 1.73. The summed E-state index contributed by atoms with van der Waals surface area (Å²) in [6.07, 6.45) is 5.65. The van der Waals surface area contributed by atoms with Crippen LogP contribution >= 0.6 is 0 Å². The van der Waals surface area contributed by atoms with Crippen LogP contribution < -0.4 is 15.4 Å². The van der Waals surface area contributed by atoms with Crippen LogP contribution in [0, 0.1) is 0 Å². The lowest BCUT2D eigenvalue weighted by Crippen LogP contribution is -2.51. The van der Waals surface area contributed by atoms with Crippen molar-refractivity contribution in [2.45, 2.75) is 0 Å². The van der Waals surface area contributed by atoms with Gasteiger partial charge in [-0.25, -0.2) is 19.9 Å². The summed E-state index contributed by atoms with van der Waals surface area (Å²) in [5, 5.41) is 5.33. The van der Waals surface area contributed by atoms with Gasteiger partial charge in [0.15, 0.2) is 5.82 Å². The minimum absolute atomic E-state index is 0.134. The summed E-state index contributed by atoms with van der Waals surface area (Å²) in [7, 11) is 1.44. The van der Waals surface area contributed by atoms with E-state index in [-0.39, 0.29) is 17.2 Å². The van der Waals surface area contributed by atoms with Crippen molar-refractivity contribution in [3.05, 3.63) is 60.7 Å². The molecule has 39 heavy (non-hydrogen) atoms. The van der Waals surface area contributed by atoms with E-state index < -0.39 is 17.6 Å². The van der Waals surface area contributed by atoms with E-state index in [1.807, 2.05) is 24.3 Å². The van der Waals surface area contributed by atoms with E-state index in [4.69, 9.17) is 10.5 Å². The summed E-state index contributed by atoms with van der Waals surface area (Å²) in [4.78, 5) is 61.7. The predicted molar refractivity (Wildman–Crippen MR) is 139 cm³/mol. The summed E-state index contributed by atoms with van der Waals surface area (Å²) in [5.74, 6) is -0.945. The predicted octanol–water partition coefficient (Wildman–Crippen LogP) is 0.726. The second-order valence-corrected chi connectivity index (χ2v) is 8.80. The van der Waals surface area contributed by atoms with Gasteiger partial charge in [-0.1, -0.05) is 12.1 Å². The molecule has 1 aromatic carbocycles. The molecule has 0 atom stereocenters. The van der Waals surface area contributed by atoms with Gasteiger partial charge in [-0.05, 0) is 12.1 Å². The number of H-pyrrole nitrogens is 1. The van der Waals surface area contributed by atoms with Crippen LogP contribution in [0.1, 0.15) is 21.0 Å². The number of carbonyl (C=O) groups is 3. The third-order valence-electron chi connectivity index (χ3n) is 6.63. The highest BCUT2D eigenvalue weighted by Crippen LogP contribution is 2.32. The first kappa shape index (κ1) is 24.0. The van der Waals surface area contributed by atoms with E-state index >= 15 is 0 Å². The van der Waals surface area contributed by atoms with E-state index in [0.717, 1.165) is 16.7 Å². The fraction of sp³-hybridized carbons (Fsp3) is 0.200. The Labute approximate surface area is 220 Å². The van der Waals surface area contributed by atoms with Crippen molar-refractivity contribution in [1.82, 2.24) is 39.6 Å². The van der Waals surface area contributed by atoms with Crippen molar-refractivity contribution >= 4 is 45.2 Å². The third-order valence-corrected chi connectivity index (χ3v) is 6.63. The highest BCUT2D eigenvalue weighted by atomic mass is 16.5. The van der Waals surface area contributed by atoms with Crippen molar-refractivity contribution in [3.63, 3.8) is 0 Å². The molecule has 0 spiro atoms. The highest BCUT2D eigenvalue weighted by Gasteiger charge is 2.31.